The largest absolute Gasteiger partial charge is 1.00 e. The first-order valence-electron chi connectivity index (χ1n) is 5.52. The molecule has 0 atom stereocenters. The van der Waals surface area contributed by atoms with Gasteiger partial charge < -0.3 is 21.5 Å². The van der Waals surface area contributed by atoms with Crippen molar-refractivity contribution >= 4 is 5.78 Å². The van der Waals surface area contributed by atoms with E-state index < -0.39 is 0 Å². The monoisotopic (exact) mass is 314 g/mol. The standard InChI is InChI=1S/C11H15N4O2.BrH/c1-14-5-6-15(9-14)7-10(16)3-2-4-11-12-8-13-17-11;/h5-6,8-9H,2-4,7H2,1H3;1H/q+1;/p-1. The molecule has 6 nitrogen and oxygen atoms in total. The summed E-state index contributed by atoms with van der Waals surface area (Å²) in [6.45, 7) is 0.421. The average molecular weight is 315 g/mol. The summed E-state index contributed by atoms with van der Waals surface area (Å²) < 4.78 is 8.63. The summed E-state index contributed by atoms with van der Waals surface area (Å²) in [5, 5.41) is 3.51. The lowest BCUT2D eigenvalue weighted by atomic mass is 10.2. The first-order chi connectivity index (χ1) is 8.24. The first-order valence-corrected chi connectivity index (χ1v) is 5.52. The number of Topliss-reactive ketones (excluding diaryl/α,β-unsaturated/α-hetero) is 1. The third-order valence-corrected chi connectivity index (χ3v) is 2.44. The summed E-state index contributed by atoms with van der Waals surface area (Å²) in [6, 6.07) is 0. The fourth-order valence-corrected chi connectivity index (χ4v) is 1.62. The number of aromatic nitrogens is 4. The third-order valence-electron chi connectivity index (χ3n) is 2.44. The minimum Gasteiger partial charge on any atom is -1.00 e. The predicted molar refractivity (Wildman–Crippen MR) is 57.9 cm³/mol. The van der Waals surface area contributed by atoms with E-state index in [0.717, 1.165) is 6.42 Å². The van der Waals surface area contributed by atoms with Crippen LogP contribution in [0.4, 0.5) is 0 Å². The predicted octanol–water partition coefficient (Wildman–Crippen LogP) is -2.71. The van der Waals surface area contributed by atoms with Crippen molar-refractivity contribution < 1.29 is 30.9 Å². The smallest absolute Gasteiger partial charge is 0.243 e. The van der Waals surface area contributed by atoms with Crippen LogP contribution >= 0.6 is 0 Å². The highest BCUT2D eigenvalue weighted by Gasteiger charge is 2.08. The normalized spacial score (nSPS) is 10.1. The quantitative estimate of drug-likeness (QED) is 0.544. The van der Waals surface area contributed by atoms with E-state index in [4.69, 9.17) is 4.52 Å². The zero-order valence-electron chi connectivity index (χ0n) is 10.1. The molecule has 0 aliphatic heterocycles. The van der Waals surface area contributed by atoms with Crippen molar-refractivity contribution in [1.29, 1.82) is 0 Å². The molecule has 0 N–H and O–H groups in total. The van der Waals surface area contributed by atoms with Crippen LogP contribution in [0.2, 0.25) is 0 Å². The Morgan fingerprint density at radius 1 is 1.56 bits per heavy atom. The summed E-state index contributed by atoms with van der Waals surface area (Å²) in [5.41, 5.74) is 0. The Bertz CT molecular complexity index is 481. The van der Waals surface area contributed by atoms with Gasteiger partial charge in [0.2, 0.25) is 12.2 Å². The van der Waals surface area contributed by atoms with Gasteiger partial charge in [0, 0.05) is 12.8 Å². The van der Waals surface area contributed by atoms with Gasteiger partial charge in [-0.1, -0.05) is 5.16 Å². The molecule has 2 heterocycles. The minimum atomic E-state index is 0. The summed E-state index contributed by atoms with van der Waals surface area (Å²) >= 11 is 0. The van der Waals surface area contributed by atoms with Crippen LogP contribution in [0.3, 0.4) is 0 Å². The molecule has 0 radical (unpaired) electrons. The molecule has 0 saturated heterocycles. The molecule has 2 rings (SSSR count). The Morgan fingerprint density at radius 2 is 2.39 bits per heavy atom. The van der Waals surface area contributed by atoms with Crippen molar-refractivity contribution in [2.24, 2.45) is 7.05 Å². The Labute approximate surface area is 115 Å². The van der Waals surface area contributed by atoms with Crippen molar-refractivity contribution in [2.75, 3.05) is 0 Å². The highest BCUT2D eigenvalue weighted by atomic mass is 79.9. The molecular weight excluding hydrogens is 300 g/mol. The molecule has 0 saturated carbocycles. The number of imidazole rings is 1. The number of carbonyl (C=O) groups is 1. The van der Waals surface area contributed by atoms with Gasteiger partial charge in [-0.05, 0) is 6.42 Å². The molecule has 98 valence electrons. The molecule has 0 aliphatic carbocycles. The Balaban J connectivity index is 0.00000162. The van der Waals surface area contributed by atoms with Crippen LogP contribution in [0.25, 0.3) is 0 Å². The van der Waals surface area contributed by atoms with Gasteiger partial charge in [-0.3, -0.25) is 4.79 Å². The average Bonchev–Trinajstić information content (AvgIpc) is 2.90. The van der Waals surface area contributed by atoms with E-state index in [1.165, 1.54) is 6.33 Å². The topological polar surface area (TPSA) is 64.8 Å². The van der Waals surface area contributed by atoms with Crippen molar-refractivity contribution in [2.45, 2.75) is 25.8 Å². The van der Waals surface area contributed by atoms with Crippen LogP contribution < -0.4 is 21.5 Å². The van der Waals surface area contributed by atoms with Crippen LogP contribution in [0.5, 0.6) is 0 Å². The lowest BCUT2D eigenvalue weighted by Gasteiger charge is -1.96. The van der Waals surface area contributed by atoms with Gasteiger partial charge in [-0.25, -0.2) is 9.13 Å². The van der Waals surface area contributed by atoms with E-state index in [2.05, 4.69) is 10.1 Å². The van der Waals surface area contributed by atoms with Gasteiger partial charge in [0.1, 0.15) is 18.9 Å². The van der Waals surface area contributed by atoms with Crippen LogP contribution in [0.15, 0.2) is 29.6 Å². The van der Waals surface area contributed by atoms with Crippen LogP contribution in [-0.4, -0.2) is 20.5 Å². The van der Waals surface area contributed by atoms with Crippen LogP contribution in [0.1, 0.15) is 18.7 Å². The minimum absolute atomic E-state index is 0. The van der Waals surface area contributed by atoms with E-state index in [1.807, 2.05) is 34.9 Å². The summed E-state index contributed by atoms with van der Waals surface area (Å²) in [5.74, 6) is 0.797. The van der Waals surface area contributed by atoms with E-state index >= 15 is 0 Å². The van der Waals surface area contributed by atoms with Crippen LogP contribution in [-0.2, 0) is 24.8 Å². The zero-order chi connectivity index (χ0) is 12.1. The number of nitrogens with zero attached hydrogens (tertiary/aromatic N) is 4. The molecule has 0 aromatic carbocycles. The second kappa shape index (κ2) is 7.05. The van der Waals surface area contributed by atoms with E-state index in [-0.39, 0.29) is 22.8 Å². The molecule has 7 heteroatoms. The fraction of sp³-hybridized carbons (Fsp3) is 0.455. The maximum Gasteiger partial charge on any atom is 0.243 e. The number of ketones is 1. The van der Waals surface area contributed by atoms with Gasteiger partial charge in [0.25, 0.3) is 0 Å². The zero-order valence-corrected chi connectivity index (χ0v) is 11.7. The second-order valence-corrected chi connectivity index (χ2v) is 3.98. The highest BCUT2D eigenvalue weighted by molar-refractivity contribution is 5.78. The van der Waals surface area contributed by atoms with Gasteiger partial charge in [-0.15, -0.1) is 0 Å². The van der Waals surface area contributed by atoms with E-state index in [0.29, 0.717) is 25.3 Å². The molecule has 0 unspecified atom stereocenters. The van der Waals surface area contributed by atoms with E-state index in [9.17, 15) is 4.79 Å². The molecular formula is C11H15BrN4O2. The highest BCUT2D eigenvalue weighted by Crippen LogP contribution is 2.01. The number of halogens is 1. The SMILES string of the molecule is C[n+]1ccn(CC(=O)CCCc2ncno2)c1.[Br-]. The molecule has 0 amide bonds. The van der Waals surface area contributed by atoms with Crippen molar-refractivity contribution in [3.05, 3.63) is 30.9 Å². The molecule has 0 bridgehead atoms. The third kappa shape index (κ3) is 4.40. The number of carbonyl (C=O) groups excluding carboxylic acids is 1. The maximum absolute atomic E-state index is 11.7. The number of aryl methyl sites for hydroxylation is 2. The summed E-state index contributed by atoms with van der Waals surface area (Å²) in [4.78, 5) is 15.6. The molecule has 0 fully saturated rings. The van der Waals surface area contributed by atoms with Gasteiger partial charge in [0.15, 0.2) is 12.1 Å². The van der Waals surface area contributed by atoms with Gasteiger partial charge in [0.05, 0.1) is 7.05 Å². The Morgan fingerprint density at radius 3 is 3.00 bits per heavy atom. The first kappa shape index (κ1) is 14.6. The van der Waals surface area contributed by atoms with Crippen molar-refractivity contribution in [1.82, 2.24) is 14.7 Å². The van der Waals surface area contributed by atoms with Crippen molar-refractivity contribution in [3.8, 4) is 0 Å². The molecule has 2 aromatic rings. The summed E-state index contributed by atoms with van der Waals surface area (Å²) in [6.07, 6.45) is 8.98. The lowest BCUT2D eigenvalue weighted by Crippen LogP contribution is -3.00. The van der Waals surface area contributed by atoms with Gasteiger partial charge >= 0.3 is 0 Å². The molecule has 2 aromatic heterocycles. The summed E-state index contributed by atoms with van der Waals surface area (Å²) in [7, 11) is 1.93. The second-order valence-electron chi connectivity index (χ2n) is 3.98. The lowest BCUT2D eigenvalue weighted by molar-refractivity contribution is -0.671. The fourth-order valence-electron chi connectivity index (χ4n) is 1.62. The maximum atomic E-state index is 11.7. The molecule has 0 aliphatic rings. The Kier molecular flexibility index (Phi) is 5.70. The van der Waals surface area contributed by atoms with E-state index in [1.54, 1.807) is 0 Å². The number of hydrogen-bond donors (Lipinski definition) is 0. The molecule has 0 spiro atoms. The Hall–Kier alpha value is -1.50. The van der Waals surface area contributed by atoms with Crippen LogP contribution in [0, 0.1) is 0 Å². The number of rotatable bonds is 6. The van der Waals surface area contributed by atoms with Gasteiger partial charge in [-0.2, -0.15) is 4.98 Å². The number of hydrogen-bond acceptors (Lipinski definition) is 4. The molecule has 18 heavy (non-hydrogen) atoms. The van der Waals surface area contributed by atoms with Crippen molar-refractivity contribution in [3.63, 3.8) is 0 Å².